The van der Waals surface area contributed by atoms with E-state index in [0.717, 1.165) is 10.0 Å². The smallest absolute Gasteiger partial charge is 0.223 e. The van der Waals surface area contributed by atoms with Crippen LogP contribution in [-0.2, 0) is 31.9 Å². The van der Waals surface area contributed by atoms with Crippen molar-refractivity contribution in [2.24, 2.45) is 0 Å². The maximum atomic E-state index is 11.0. The van der Waals surface area contributed by atoms with E-state index < -0.39 is 0 Å². The summed E-state index contributed by atoms with van der Waals surface area (Å²) < 4.78 is 11.3. The third kappa shape index (κ3) is 8.47. The summed E-state index contributed by atoms with van der Waals surface area (Å²) in [4.78, 5) is 21.9. The maximum Gasteiger partial charge on any atom is 0.223 e. The Morgan fingerprint density at radius 2 is 1.44 bits per heavy atom. The fourth-order valence-electron chi connectivity index (χ4n) is 1.92. The van der Waals surface area contributed by atoms with Crippen LogP contribution in [0.2, 0.25) is 0 Å². The second-order valence-corrected chi connectivity index (χ2v) is 7.74. The van der Waals surface area contributed by atoms with Crippen molar-refractivity contribution < 1.29 is 19.1 Å². The van der Waals surface area contributed by atoms with Crippen LogP contribution >= 0.6 is 22.7 Å². The number of nitrogens with one attached hydrogen (secondary N) is 2. The molecule has 0 aliphatic rings. The van der Waals surface area contributed by atoms with Crippen LogP contribution in [0.5, 0.6) is 0 Å². The molecule has 10 nitrogen and oxygen atoms in total. The van der Waals surface area contributed by atoms with Gasteiger partial charge in [0.05, 0.1) is 25.9 Å². The second-order valence-electron chi connectivity index (χ2n) is 5.62. The number of anilines is 2. The highest BCUT2D eigenvalue weighted by Gasteiger charge is 2.09. The summed E-state index contributed by atoms with van der Waals surface area (Å²) in [5, 5.41) is 23.5. The molecule has 0 fully saturated rings. The van der Waals surface area contributed by atoms with Gasteiger partial charge in [0, 0.05) is 26.7 Å². The van der Waals surface area contributed by atoms with E-state index in [-0.39, 0.29) is 17.9 Å². The number of carbonyl (C=O) groups is 2. The predicted octanol–water partition coefficient (Wildman–Crippen LogP) is 1.51. The van der Waals surface area contributed by atoms with E-state index in [2.05, 4.69) is 31.0 Å². The molecule has 0 spiro atoms. The van der Waals surface area contributed by atoms with E-state index >= 15 is 0 Å². The third-order valence-corrected chi connectivity index (χ3v) is 4.83. The molecule has 0 unspecified atom stereocenters. The van der Waals surface area contributed by atoms with E-state index in [9.17, 15) is 9.59 Å². The van der Waals surface area contributed by atoms with Gasteiger partial charge in [-0.15, -0.1) is 20.4 Å². The minimum Gasteiger partial charge on any atom is -0.378 e. The Bertz CT molecular complexity index is 750. The average molecular weight is 415 g/mol. The van der Waals surface area contributed by atoms with E-state index in [0.29, 0.717) is 42.9 Å². The van der Waals surface area contributed by atoms with Gasteiger partial charge in [0.15, 0.2) is 0 Å². The van der Waals surface area contributed by atoms with Gasteiger partial charge in [0.2, 0.25) is 22.1 Å². The molecule has 0 saturated carbocycles. The van der Waals surface area contributed by atoms with Gasteiger partial charge in [-0.2, -0.15) is 0 Å². The lowest BCUT2D eigenvalue weighted by Crippen LogP contribution is -2.18. The highest BCUT2D eigenvalue weighted by molar-refractivity contribution is 7.15. The zero-order valence-electron chi connectivity index (χ0n) is 15.4. The highest BCUT2D eigenvalue weighted by Crippen LogP contribution is 2.16. The topological polar surface area (TPSA) is 128 Å². The van der Waals surface area contributed by atoms with Crippen molar-refractivity contribution in [1.29, 1.82) is 0 Å². The van der Waals surface area contributed by atoms with Crippen LogP contribution in [0.4, 0.5) is 10.3 Å². The van der Waals surface area contributed by atoms with Crippen molar-refractivity contribution >= 4 is 44.8 Å². The Morgan fingerprint density at radius 1 is 0.926 bits per heavy atom. The molecule has 0 aliphatic carbocycles. The van der Waals surface area contributed by atoms with Gasteiger partial charge < -0.3 is 20.1 Å². The van der Waals surface area contributed by atoms with Crippen LogP contribution in [0, 0.1) is 0 Å². The van der Waals surface area contributed by atoms with Crippen molar-refractivity contribution in [3.05, 3.63) is 10.0 Å². The number of rotatable bonds is 11. The minimum atomic E-state index is -0.167. The zero-order valence-corrected chi connectivity index (χ0v) is 17.0. The normalized spacial score (nSPS) is 12.0. The van der Waals surface area contributed by atoms with Crippen LogP contribution in [0.1, 0.15) is 30.8 Å². The van der Waals surface area contributed by atoms with Crippen molar-refractivity contribution in [3.8, 4) is 0 Å². The summed E-state index contributed by atoms with van der Waals surface area (Å²) in [6.45, 7) is 6.25. The van der Waals surface area contributed by atoms with Gasteiger partial charge in [-0.1, -0.05) is 22.7 Å². The Kier molecular flexibility index (Phi) is 8.64. The molecule has 2 heterocycles. The lowest BCUT2D eigenvalue weighted by molar-refractivity contribution is -0.115. The number of aromatic nitrogens is 4. The van der Waals surface area contributed by atoms with Gasteiger partial charge in [-0.25, -0.2) is 0 Å². The van der Waals surface area contributed by atoms with Gasteiger partial charge in [0.1, 0.15) is 10.0 Å². The Morgan fingerprint density at radius 3 is 1.96 bits per heavy atom. The van der Waals surface area contributed by atoms with Crippen LogP contribution in [0.15, 0.2) is 0 Å². The fraction of sp³-hybridized carbons (Fsp3) is 0.600. The molecule has 2 aromatic heterocycles. The SMILES string of the molecule is CC(=O)Nc1nnc(CCOC[C@@H](C)OCCc2nnc(NC(C)=O)s2)s1. The molecule has 2 N–H and O–H groups in total. The molecule has 2 rings (SSSR count). The molecule has 0 bridgehead atoms. The molecule has 27 heavy (non-hydrogen) atoms. The summed E-state index contributed by atoms with van der Waals surface area (Å²) in [6, 6.07) is 0. The van der Waals surface area contributed by atoms with Gasteiger partial charge >= 0.3 is 0 Å². The zero-order chi connectivity index (χ0) is 19.6. The third-order valence-electron chi connectivity index (χ3n) is 3.03. The van der Waals surface area contributed by atoms with Crippen molar-refractivity contribution in [1.82, 2.24) is 20.4 Å². The first kappa shape index (κ1) is 21.3. The first-order valence-corrected chi connectivity index (χ1v) is 9.95. The van der Waals surface area contributed by atoms with Gasteiger partial charge in [-0.05, 0) is 6.92 Å². The monoisotopic (exact) mass is 414 g/mol. The molecule has 148 valence electrons. The first-order chi connectivity index (χ1) is 12.9. The summed E-state index contributed by atoms with van der Waals surface area (Å²) in [7, 11) is 0. The lowest BCUT2D eigenvalue weighted by Gasteiger charge is -2.12. The van der Waals surface area contributed by atoms with Crippen molar-refractivity contribution in [2.75, 3.05) is 30.5 Å². The summed E-state index contributed by atoms with van der Waals surface area (Å²) in [5.74, 6) is -0.334. The number of hydrogen-bond donors (Lipinski definition) is 2. The van der Waals surface area contributed by atoms with Crippen LogP contribution in [0.25, 0.3) is 0 Å². The number of nitrogens with zero attached hydrogens (tertiary/aromatic N) is 4. The lowest BCUT2D eigenvalue weighted by atomic mass is 10.4. The number of amides is 2. The maximum absolute atomic E-state index is 11.0. The largest absolute Gasteiger partial charge is 0.378 e. The van der Waals surface area contributed by atoms with Crippen molar-refractivity contribution in [2.45, 2.75) is 39.7 Å². The van der Waals surface area contributed by atoms with Crippen LogP contribution in [-0.4, -0.2) is 58.1 Å². The Balaban J connectivity index is 1.56. The number of hydrogen-bond acceptors (Lipinski definition) is 10. The average Bonchev–Trinajstić information content (AvgIpc) is 3.20. The van der Waals surface area contributed by atoms with Gasteiger partial charge in [-0.3, -0.25) is 9.59 Å². The second kappa shape index (κ2) is 11.0. The molecule has 12 heteroatoms. The molecular weight excluding hydrogens is 392 g/mol. The predicted molar refractivity (Wildman–Crippen MR) is 102 cm³/mol. The standard InChI is InChI=1S/C15H22N6O4S2/c1-9(25-7-5-13-19-21-15(27-13)17-11(3)23)8-24-6-4-12-18-20-14(26-12)16-10(2)22/h9H,4-8H2,1-3H3,(H,16,20,22)(H,17,21,23)/t9-/m1/s1. The van der Waals surface area contributed by atoms with E-state index in [1.165, 1.54) is 36.5 Å². The number of carbonyl (C=O) groups excluding carboxylic acids is 2. The number of ether oxygens (including phenoxy) is 2. The first-order valence-electron chi connectivity index (χ1n) is 8.31. The van der Waals surface area contributed by atoms with E-state index in [1.54, 1.807) is 0 Å². The van der Waals surface area contributed by atoms with Gasteiger partial charge in [0.25, 0.3) is 0 Å². The molecular formula is C15H22N6O4S2. The van der Waals surface area contributed by atoms with Crippen LogP contribution < -0.4 is 10.6 Å². The molecule has 0 aromatic carbocycles. The van der Waals surface area contributed by atoms with E-state index in [4.69, 9.17) is 9.47 Å². The molecule has 0 aliphatic heterocycles. The van der Waals surface area contributed by atoms with E-state index in [1.807, 2.05) is 6.92 Å². The minimum absolute atomic E-state index is 0.0582. The molecule has 2 aromatic rings. The quantitative estimate of drug-likeness (QED) is 0.530. The summed E-state index contributed by atoms with van der Waals surface area (Å²) >= 11 is 2.67. The Hall–Kier alpha value is -2.02. The molecule has 0 saturated heterocycles. The summed E-state index contributed by atoms with van der Waals surface area (Å²) in [5.41, 5.74) is 0. The van der Waals surface area contributed by atoms with Crippen molar-refractivity contribution in [3.63, 3.8) is 0 Å². The highest BCUT2D eigenvalue weighted by atomic mass is 32.1. The Labute approximate surface area is 164 Å². The molecule has 1 atom stereocenters. The summed E-state index contributed by atoms with van der Waals surface area (Å²) in [6.07, 6.45) is 1.19. The fourth-order valence-corrected chi connectivity index (χ4v) is 3.45. The molecule has 2 amide bonds. The van der Waals surface area contributed by atoms with Crippen LogP contribution in [0.3, 0.4) is 0 Å². The molecule has 0 radical (unpaired) electrons.